The normalized spacial score (nSPS) is 14.2. The molecule has 0 unspecified atom stereocenters. The first-order chi connectivity index (χ1) is 13.4. The molecule has 3 aromatic rings. The van der Waals surface area contributed by atoms with E-state index in [-0.39, 0.29) is 11.2 Å². The van der Waals surface area contributed by atoms with Gasteiger partial charge in [0.15, 0.2) is 0 Å². The average molecular weight is 375 g/mol. The summed E-state index contributed by atoms with van der Waals surface area (Å²) in [6.45, 7) is 2.58. The van der Waals surface area contributed by atoms with Gasteiger partial charge in [0.2, 0.25) is 0 Å². The first-order valence-electron chi connectivity index (χ1n) is 8.79. The van der Waals surface area contributed by atoms with Gasteiger partial charge in [0.25, 0.3) is 5.56 Å². The van der Waals surface area contributed by atoms with E-state index in [2.05, 4.69) is 16.4 Å². The molecule has 1 amide bonds. The number of nitrogens with zero attached hydrogens (tertiary/aromatic N) is 2. The zero-order valence-electron chi connectivity index (χ0n) is 15.1. The number of nitrogens with one attached hydrogen (secondary N) is 1. The first kappa shape index (κ1) is 17.7. The molecule has 0 aliphatic carbocycles. The number of aryl methyl sites for hydroxylation is 1. The molecule has 2 aromatic carbocycles. The Labute approximate surface area is 160 Å². The summed E-state index contributed by atoms with van der Waals surface area (Å²) in [5, 5.41) is 11.4. The zero-order valence-corrected chi connectivity index (χ0v) is 15.1. The number of fused-ring (bicyclic) bond motifs is 2. The van der Waals surface area contributed by atoms with Crippen LogP contribution in [0.2, 0.25) is 0 Å². The SMILES string of the molecule is Cc1cccc(C=C2CCn3c2nc2cc(NC(=O)C(=O)O)ccc2c3=O)c1. The second-order valence-corrected chi connectivity index (χ2v) is 6.72. The number of hydrogen-bond donors (Lipinski definition) is 2. The lowest BCUT2D eigenvalue weighted by molar-refractivity contribution is -0.147. The summed E-state index contributed by atoms with van der Waals surface area (Å²) in [4.78, 5) is 39.6. The predicted octanol–water partition coefficient (Wildman–Crippen LogP) is 2.67. The number of benzene rings is 2. The fourth-order valence-corrected chi connectivity index (χ4v) is 3.38. The lowest BCUT2D eigenvalue weighted by atomic mass is 10.1. The first-order valence-corrected chi connectivity index (χ1v) is 8.79. The quantitative estimate of drug-likeness (QED) is 0.671. The maximum absolute atomic E-state index is 12.8. The van der Waals surface area contributed by atoms with Crippen LogP contribution in [-0.4, -0.2) is 26.5 Å². The number of allylic oxidation sites excluding steroid dienone is 1. The Balaban J connectivity index is 1.80. The Morgan fingerprint density at radius 2 is 2.04 bits per heavy atom. The van der Waals surface area contributed by atoms with E-state index in [1.165, 1.54) is 12.1 Å². The van der Waals surface area contributed by atoms with E-state index in [1.807, 2.05) is 31.2 Å². The van der Waals surface area contributed by atoms with Crippen molar-refractivity contribution < 1.29 is 14.7 Å². The Kier molecular flexibility index (Phi) is 4.27. The van der Waals surface area contributed by atoms with Crippen LogP contribution >= 0.6 is 0 Å². The Morgan fingerprint density at radius 3 is 2.79 bits per heavy atom. The number of carbonyl (C=O) groups is 2. The van der Waals surface area contributed by atoms with Crippen molar-refractivity contribution in [3.05, 3.63) is 69.8 Å². The molecule has 1 aromatic heterocycles. The summed E-state index contributed by atoms with van der Waals surface area (Å²) in [5.74, 6) is -2.12. The molecule has 1 aliphatic heterocycles. The van der Waals surface area contributed by atoms with Crippen LogP contribution in [0.4, 0.5) is 5.69 Å². The van der Waals surface area contributed by atoms with Crippen LogP contribution in [0.15, 0.2) is 47.3 Å². The molecule has 0 saturated carbocycles. The molecule has 7 heteroatoms. The van der Waals surface area contributed by atoms with Crippen LogP contribution < -0.4 is 10.9 Å². The van der Waals surface area contributed by atoms with Gasteiger partial charge in [-0.2, -0.15) is 0 Å². The van der Waals surface area contributed by atoms with Gasteiger partial charge in [0, 0.05) is 12.2 Å². The third-order valence-electron chi connectivity index (χ3n) is 4.68. The number of carbonyl (C=O) groups excluding carboxylic acids is 1. The van der Waals surface area contributed by atoms with E-state index in [4.69, 9.17) is 5.11 Å². The van der Waals surface area contributed by atoms with Crippen molar-refractivity contribution >= 4 is 40.1 Å². The maximum Gasteiger partial charge on any atom is 0.394 e. The molecule has 2 heterocycles. The van der Waals surface area contributed by atoms with E-state index < -0.39 is 11.9 Å². The number of hydrogen-bond acceptors (Lipinski definition) is 4. The van der Waals surface area contributed by atoms with Crippen molar-refractivity contribution in [1.82, 2.24) is 9.55 Å². The van der Waals surface area contributed by atoms with E-state index in [0.29, 0.717) is 29.7 Å². The minimum Gasteiger partial charge on any atom is -0.474 e. The van der Waals surface area contributed by atoms with Crippen molar-refractivity contribution in [3.63, 3.8) is 0 Å². The minimum absolute atomic E-state index is 0.149. The molecule has 0 saturated heterocycles. The molecule has 0 fully saturated rings. The molecule has 4 rings (SSSR count). The summed E-state index contributed by atoms with van der Waals surface area (Å²) in [6.07, 6.45) is 2.73. The van der Waals surface area contributed by atoms with Crippen molar-refractivity contribution in [1.29, 1.82) is 0 Å². The minimum atomic E-state index is -1.58. The largest absolute Gasteiger partial charge is 0.474 e. The van der Waals surface area contributed by atoms with Gasteiger partial charge >= 0.3 is 11.9 Å². The molecule has 140 valence electrons. The van der Waals surface area contributed by atoms with E-state index in [0.717, 1.165) is 16.7 Å². The molecule has 1 aliphatic rings. The van der Waals surface area contributed by atoms with Gasteiger partial charge in [-0.25, -0.2) is 9.78 Å². The fourth-order valence-electron chi connectivity index (χ4n) is 3.38. The highest BCUT2D eigenvalue weighted by molar-refractivity contribution is 6.36. The van der Waals surface area contributed by atoms with Crippen molar-refractivity contribution in [2.75, 3.05) is 5.32 Å². The van der Waals surface area contributed by atoms with Gasteiger partial charge in [-0.1, -0.05) is 29.8 Å². The van der Waals surface area contributed by atoms with Gasteiger partial charge < -0.3 is 10.4 Å². The standard InChI is InChI=1S/C21H17N3O4/c1-12-3-2-4-13(9-12)10-14-7-8-24-18(14)23-17-11-15(22-19(25)21(27)28)5-6-16(17)20(24)26/h2-6,9-11H,7-8H2,1H3,(H,22,25)(H,27,28). The molecule has 2 N–H and O–H groups in total. The number of aromatic nitrogens is 2. The van der Waals surface area contributed by atoms with E-state index in [1.54, 1.807) is 10.6 Å². The van der Waals surface area contributed by atoms with Crippen LogP contribution in [-0.2, 0) is 16.1 Å². The van der Waals surface area contributed by atoms with E-state index >= 15 is 0 Å². The van der Waals surface area contributed by atoms with Gasteiger partial charge in [-0.15, -0.1) is 0 Å². The molecule has 28 heavy (non-hydrogen) atoms. The van der Waals surface area contributed by atoms with Gasteiger partial charge in [0.05, 0.1) is 10.9 Å². The molecule has 0 bridgehead atoms. The van der Waals surface area contributed by atoms with Gasteiger partial charge in [0.1, 0.15) is 5.82 Å². The lowest BCUT2D eigenvalue weighted by Gasteiger charge is -2.08. The molecule has 0 radical (unpaired) electrons. The molecular formula is C21H17N3O4. The summed E-state index contributed by atoms with van der Waals surface area (Å²) in [5.41, 5.74) is 3.69. The number of aliphatic carboxylic acids is 1. The third kappa shape index (κ3) is 3.18. The Hall–Kier alpha value is -3.74. The van der Waals surface area contributed by atoms with Crippen molar-refractivity contribution in [3.8, 4) is 0 Å². The number of amides is 1. The van der Waals surface area contributed by atoms with Crippen LogP contribution in [0.25, 0.3) is 22.6 Å². The number of anilines is 1. The predicted molar refractivity (Wildman–Crippen MR) is 106 cm³/mol. The molecular weight excluding hydrogens is 358 g/mol. The monoisotopic (exact) mass is 375 g/mol. The molecule has 7 nitrogen and oxygen atoms in total. The molecule has 0 atom stereocenters. The summed E-state index contributed by atoms with van der Waals surface area (Å²) in [6, 6.07) is 12.6. The van der Waals surface area contributed by atoms with E-state index in [9.17, 15) is 14.4 Å². The van der Waals surface area contributed by atoms with Crippen LogP contribution in [0.1, 0.15) is 23.4 Å². The highest BCUT2D eigenvalue weighted by Gasteiger charge is 2.21. The summed E-state index contributed by atoms with van der Waals surface area (Å²) >= 11 is 0. The summed E-state index contributed by atoms with van der Waals surface area (Å²) in [7, 11) is 0. The lowest BCUT2D eigenvalue weighted by Crippen LogP contribution is -2.23. The molecule has 0 spiro atoms. The average Bonchev–Trinajstić information content (AvgIpc) is 3.04. The van der Waals surface area contributed by atoms with Crippen LogP contribution in [0.3, 0.4) is 0 Å². The number of rotatable bonds is 2. The van der Waals surface area contributed by atoms with Crippen molar-refractivity contribution in [2.24, 2.45) is 0 Å². The second-order valence-electron chi connectivity index (χ2n) is 6.72. The van der Waals surface area contributed by atoms with Gasteiger partial charge in [-0.05, 0) is 48.8 Å². The van der Waals surface area contributed by atoms with Crippen LogP contribution in [0.5, 0.6) is 0 Å². The topological polar surface area (TPSA) is 101 Å². The van der Waals surface area contributed by atoms with Crippen molar-refractivity contribution in [2.45, 2.75) is 19.9 Å². The third-order valence-corrected chi connectivity index (χ3v) is 4.68. The number of carboxylic acids is 1. The Bertz CT molecular complexity index is 1220. The smallest absolute Gasteiger partial charge is 0.394 e. The van der Waals surface area contributed by atoms with Crippen LogP contribution in [0, 0.1) is 6.92 Å². The van der Waals surface area contributed by atoms with Gasteiger partial charge in [-0.3, -0.25) is 14.2 Å². The number of carboxylic acid groups (broad SMARTS) is 1. The summed E-state index contributed by atoms with van der Waals surface area (Å²) < 4.78 is 1.65. The maximum atomic E-state index is 12.8. The second kappa shape index (κ2) is 6.77. The fraction of sp³-hybridized carbons (Fsp3) is 0.143. The highest BCUT2D eigenvalue weighted by Crippen LogP contribution is 2.28. The highest BCUT2D eigenvalue weighted by atomic mass is 16.4. The zero-order chi connectivity index (χ0) is 19.8. The Morgan fingerprint density at radius 1 is 1.21 bits per heavy atom.